The van der Waals surface area contributed by atoms with Gasteiger partial charge in [-0.15, -0.1) is 0 Å². The van der Waals surface area contributed by atoms with E-state index in [1.165, 1.54) is 5.69 Å². The number of aryl methyl sites for hydroxylation is 2. The van der Waals surface area contributed by atoms with E-state index in [-0.39, 0.29) is 0 Å². The van der Waals surface area contributed by atoms with Crippen LogP contribution in [0.5, 0.6) is 0 Å². The van der Waals surface area contributed by atoms with Crippen molar-refractivity contribution >= 4 is 0 Å². The first kappa shape index (κ1) is 9.26. The molecule has 3 heteroatoms. The first-order valence-corrected chi connectivity index (χ1v) is 4.56. The number of hydrogen-bond acceptors (Lipinski definition) is 2. The van der Waals surface area contributed by atoms with Crippen LogP contribution >= 0.6 is 0 Å². The van der Waals surface area contributed by atoms with E-state index in [9.17, 15) is 0 Å². The van der Waals surface area contributed by atoms with Gasteiger partial charge in [0.15, 0.2) is 0 Å². The van der Waals surface area contributed by atoms with Crippen LogP contribution in [0.2, 0.25) is 0 Å². The Morgan fingerprint density at radius 2 is 2.17 bits per heavy atom. The lowest BCUT2D eigenvalue weighted by Crippen LogP contribution is -2.11. The SMILES string of the molecule is CCc1cn(CCN)c(CC)n1. The summed E-state index contributed by atoms with van der Waals surface area (Å²) in [6.45, 7) is 5.81. The zero-order valence-electron chi connectivity index (χ0n) is 7.88. The lowest BCUT2D eigenvalue weighted by molar-refractivity contribution is 0.666. The van der Waals surface area contributed by atoms with E-state index in [2.05, 4.69) is 29.6 Å². The molecule has 0 aromatic carbocycles. The van der Waals surface area contributed by atoms with E-state index in [4.69, 9.17) is 5.73 Å². The molecule has 0 saturated carbocycles. The van der Waals surface area contributed by atoms with Crippen LogP contribution in [0, 0.1) is 0 Å². The van der Waals surface area contributed by atoms with E-state index in [0.717, 1.165) is 25.2 Å². The van der Waals surface area contributed by atoms with Crippen molar-refractivity contribution in [1.29, 1.82) is 0 Å². The summed E-state index contributed by atoms with van der Waals surface area (Å²) >= 11 is 0. The van der Waals surface area contributed by atoms with Gasteiger partial charge in [-0.25, -0.2) is 4.98 Å². The van der Waals surface area contributed by atoms with Crippen molar-refractivity contribution in [3.05, 3.63) is 17.7 Å². The topological polar surface area (TPSA) is 43.8 Å². The van der Waals surface area contributed by atoms with Crippen molar-refractivity contribution < 1.29 is 0 Å². The Morgan fingerprint density at radius 3 is 2.67 bits per heavy atom. The lowest BCUT2D eigenvalue weighted by Gasteiger charge is -2.01. The molecule has 12 heavy (non-hydrogen) atoms. The fourth-order valence-corrected chi connectivity index (χ4v) is 1.30. The molecule has 2 N–H and O–H groups in total. The van der Waals surface area contributed by atoms with Crippen molar-refractivity contribution in [2.45, 2.75) is 33.2 Å². The van der Waals surface area contributed by atoms with Gasteiger partial charge in [-0.1, -0.05) is 13.8 Å². The summed E-state index contributed by atoms with van der Waals surface area (Å²) in [7, 11) is 0. The third-order valence-electron chi connectivity index (χ3n) is 1.96. The molecule has 0 fully saturated rings. The summed E-state index contributed by atoms with van der Waals surface area (Å²) in [6.07, 6.45) is 4.09. The molecule has 0 aliphatic rings. The van der Waals surface area contributed by atoms with E-state index in [1.54, 1.807) is 0 Å². The number of aromatic nitrogens is 2. The first-order valence-electron chi connectivity index (χ1n) is 4.56. The van der Waals surface area contributed by atoms with Crippen molar-refractivity contribution in [2.24, 2.45) is 5.73 Å². The minimum atomic E-state index is 0.687. The Balaban J connectivity index is 2.84. The number of nitrogens with zero attached hydrogens (tertiary/aromatic N) is 2. The molecule has 0 aliphatic carbocycles. The van der Waals surface area contributed by atoms with Gasteiger partial charge in [0.2, 0.25) is 0 Å². The van der Waals surface area contributed by atoms with Gasteiger partial charge in [0, 0.05) is 25.7 Å². The van der Waals surface area contributed by atoms with Gasteiger partial charge in [0.25, 0.3) is 0 Å². The van der Waals surface area contributed by atoms with E-state index in [1.807, 2.05) is 0 Å². The zero-order chi connectivity index (χ0) is 8.97. The Labute approximate surface area is 73.6 Å². The zero-order valence-corrected chi connectivity index (χ0v) is 7.88. The van der Waals surface area contributed by atoms with Crippen LogP contribution in [0.4, 0.5) is 0 Å². The number of imidazole rings is 1. The fraction of sp³-hybridized carbons (Fsp3) is 0.667. The van der Waals surface area contributed by atoms with Crippen LogP contribution in [-0.2, 0) is 19.4 Å². The molecule has 0 amide bonds. The molecule has 0 aliphatic heterocycles. The van der Waals surface area contributed by atoms with Crippen LogP contribution in [0.3, 0.4) is 0 Å². The first-order chi connectivity index (χ1) is 5.81. The Morgan fingerprint density at radius 1 is 1.42 bits per heavy atom. The molecule has 0 unspecified atom stereocenters. The van der Waals surface area contributed by atoms with Crippen molar-refractivity contribution in [1.82, 2.24) is 9.55 Å². The predicted octanol–water partition coefficient (Wildman–Crippen LogP) is 0.967. The molecule has 0 saturated heterocycles. The van der Waals surface area contributed by atoms with E-state index in [0.29, 0.717) is 6.54 Å². The Hall–Kier alpha value is -0.830. The second kappa shape index (κ2) is 4.26. The molecule has 3 nitrogen and oxygen atoms in total. The number of rotatable bonds is 4. The second-order valence-electron chi connectivity index (χ2n) is 2.84. The monoisotopic (exact) mass is 167 g/mol. The van der Waals surface area contributed by atoms with Gasteiger partial charge in [0.1, 0.15) is 5.82 Å². The van der Waals surface area contributed by atoms with Crippen molar-refractivity contribution in [3.8, 4) is 0 Å². The standard InChI is InChI=1S/C9H17N3/c1-3-8-7-12(6-5-10)9(4-2)11-8/h7H,3-6,10H2,1-2H3. The molecule has 1 aromatic rings. The van der Waals surface area contributed by atoms with Gasteiger partial charge >= 0.3 is 0 Å². The molecular weight excluding hydrogens is 150 g/mol. The van der Waals surface area contributed by atoms with E-state index >= 15 is 0 Å². The summed E-state index contributed by atoms with van der Waals surface area (Å²) in [4.78, 5) is 4.47. The summed E-state index contributed by atoms with van der Waals surface area (Å²) in [6, 6.07) is 0. The number of hydrogen-bond donors (Lipinski definition) is 1. The molecule has 0 bridgehead atoms. The van der Waals surface area contributed by atoms with Gasteiger partial charge in [-0.3, -0.25) is 0 Å². The Kier molecular flexibility index (Phi) is 3.29. The third-order valence-corrected chi connectivity index (χ3v) is 1.96. The summed E-state index contributed by atoms with van der Waals surface area (Å²) in [5.74, 6) is 1.15. The quantitative estimate of drug-likeness (QED) is 0.726. The van der Waals surface area contributed by atoms with Crippen LogP contribution < -0.4 is 5.73 Å². The maximum atomic E-state index is 5.49. The lowest BCUT2D eigenvalue weighted by atomic mass is 10.4. The molecule has 1 aromatic heterocycles. The van der Waals surface area contributed by atoms with Crippen LogP contribution in [0.25, 0.3) is 0 Å². The third kappa shape index (κ3) is 1.85. The van der Waals surface area contributed by atoms with Gasteiger partial charge in [0.05, 0.1) is 5.69 Å². The number of nitrogens with two attached hydrogens (primary N) is 1. The van der Waals surface area contributed by atoms with Crippen molar-refractivity contribution in [3.63, 3.8) is 0 Å². The molecule has 0 radical (unpaired) electrons. The average Bonchev–Trinajstić information content (AvgIpc) is 2.48. The van der Waals surface area contributed by atoms with Crippen LogP contribution in [0.1, 0.15) is 25.4 Å². The van der Waals surface area contributed by atoms with Crippen LogP contribution in [-0.4, -0.2) is 16.1 Å². The molecule has 1 rings (SSSR count). The smallest absolute Gasteiger partial charge is 0.108 e. The summed E-state index contributed by atoms with van der Waals surface area (Å²) in [5.41, 5.74) is 6.65. The largest absolute Gasteiger partial charge is 0.333 e. The molecular formula is C9H17N3. The maximum absolute atomic E-state index is 5.49. The van der Waals surface area contributed by atoms with E-state index < -0.39 is 0 Å². The highest BCUT2D eigenvalue weighted by Crippen LogP contribution is 2.04. The molecule has 68 valence electrons. The van der Waals surface area contributed by atoms with Gasteiger partial charge in [-0.05, 0) is 6.42 Å². The van der Waals surface area contributed by atoms with Gasteiger partial charge in [-0.2, -0.15) is 0 Å². The highest BCUT2D eigenvalue weighted by atomic mass is 15.1. The highest BCUT2D eigenvalue weighted by molar-refractivity contribution is 5.04. The molecule has 0 spiro atoms. The van der Waals surface area contributed by atoms with Gasteiger partial charge < -0.3 is 10.3 Å². The summed E-state index contributed by atoms with van der Waals surface area (Å²) in [5, 5.41) is 0. The minimum absolute atomic E-state index is 0.687. The maximum Gasteiger partial charge on any atom is 0.108 e. The normalized spacial score (nSPS) is 10.6. The molecule has 1 heterocycles. The fourth-order valence-electron chi connectivity index (χ4n) is 1.30. The minimum Gasteiger partial charge on any atom is -0.333 e. The summed E-state index contributed by atoms with van der Waals surface area (Å²) < 4.78 is 2.15. The Bertz CT molecular complexity index is 240. The highest BCUT2D eigenvalue weighted by Gasteiger charge is 2.02. The second-order valence-corrected chi connectivity index (χ2v) is 2.84. The molecule has 0 atom stereocenters. The predicted molar refractivity (Wildman–Crippen MR) is 50.0 cm³/mol. The van der Waals surface area contributed by atoms with Crippen LogP contribution in [0.15, 0.2) is 6.20 Å². The average molecular weight is 167 g/mol. The van der Waals surface area contributed by atoms with Crippen molar-refractivity contribution in [2.75, 3.05) is 6.54 Å².